The van der Waals surface area contributed by atoms with Gasteiger partial charge in [0, 0.05) is 30.1 Å². The lowest BCUT2D eigenvalue weighted by Crippen LogP contribution is -2.56. The Morgan fingerprint density at radius 1 is 1.22 bits per heavy atom. The van der Waals surface area contributed by atoms with E-state index < -0.39 is 0 Å². The summed E-state index contributed by atoms with van der Waals surface area (Å²) >= 11 is 0. The standard InChI is InChI=1S/C22H33FN4/c1-3-24-21(26-16-13-17-7-6-8-18(14-16)27(17)2)25-15-22(11-12-22)19-9-4-5-10-20(19)23/h4-5,9-10,16-18H,3,6-8,11-15H2,1-2H3,(H2,24,25,26). The predicted molar refractivity (Wildman–Crippen MR) is 109 cm³/mol. The molecule has 3 aliphatic rings. The van der Waals surface area contributed by atoms with Crippen LogP contribution < -0.4 is 10.6 Å². The van der Waals surface area contributed by atoms with Gasteiger partial charge >= 0.3 is 0 Å². The van der Waals surface area contributed by atoms with Crippen molar-refractivity contribution in [3.8, 4) is 0 Å². The first-order valence-corrected chi connectivity index (χ1v) is 10.6. The van der Waals surface area contributed by atoms with Crippen LogP contribution in [0.2, 0.25) is 0 Å². The molecule has 0 aromatic heterocycles. The first-order chi connectivity index (χ1) is 13.1. The Morgan fingerprint density at radius 2 is 1.93 bits per heavy atom. The largest absolute Gasteiger partial charge is 0.357 e. The second-order valence-corrected chi connectivity index (χ2v) is 8.67. The zero-order valence-electron chi connectivity index (χ0n) is 16.7. The van der Waals surface area contributed by atoms with Gasteiger partial charge in [0.05, 0.1) is 6.54 Å². The average Bonchev–Trinajstić information content (AvgIpc) is 3.42. The van der Waals surface area contributed by atoms with Crippen LogP contribution in [0.5, 0.6) is 0 Å². The van der Waals surface area contributed by atoms with E-state index in [0.29, 0.717) is 24.7 Å². The Hall–Kier alpha value is -1.62. The van der Waals surface area contributed by atoms with Gasteiger partial charge in [0.2, 0.25) is 0 Å². The Kier molecular flexibility index (Phi) is 5.40. The molecule has 2 bridgehead atoms. The number of rotatable bonds is 5. The second-order valence-electron chi connectivity index (χ2n) is 8.67. The third-order valence-electron chi connectivity index (χ3n) is 6.86. The van der Waals surface area contributed by atoms with Gasteiger partial charge in [-0.05, 0) is 64.1 Å². The smallest absolute Gasteiger partial charge is 0.191 e. The van der Waals surface area contributed by atoms with E-state index in [-0.39, 0.29) is 11.2 Å². The Labute approximate surface area is 162 Å². The van der Waals surface area contributed by atoms with Gasteiger partial charge in [-0.2, -0.15) is 0 Å². The SMILES string of the molecule is CCNC(=NCC1(c2ccccc2F)CC1)NC1CC2CCCC(C1)N2C. The monoisotopic (exact) mass is 372 g/mol. The molecule has 5 heteroatoms. The molecule has 0 radical (unpaired) electrons. The number of guanidine groups is 1. The molecule has 1 aliphatic carbocycles. The topological polar surface area (TPSA) is 39.7 Å². The van der Waals surface area contributed by atoms with Crippen LogP contribution >= 0.6 is 0 Å². The van der Waals surface area contributed by atoms with Crippen LogP contribution in [0.15, 0.2) is 29.3 Å². The zero-order valence-corrected chi connectivity index (χ0v) is 16.7. The Bertz CT molecular complexity index is 671. The van der Waals surface area contributed by atoms with E-state index in [1.54, 1.807) is 12.1 Å². The fraction of sp³-hybridized carbons (Fsp3) is 0.682. The fourth-order valence-electron chi connectivity index (χ4n) is 5.03. The summed E-state index contributed by atoms with van der Waals surface area (Å²) < 4.78 is 14.3. The molecule has 4 rings (SSSR count). The molecule has 4 nitrogen and oxygen atoms in total. The van der Waals surface area contributed by atoms with E-state index in [1.165, 1.54) is 32.1 Å². The molecule has 2 saturated heterocycles. The molecule has 2 N–H and O–H groups in total. The van der Waals surface area contributed by atoms with E-state index in [2.05, 4.69) is 29.5 Å². The molecule has 27 heavy (non-hydrogen) atoms. The minimum Gasteiger partial charge on any atom is -0.357 e. The number of piperidine rings is 2. The summed E-state index contributed by atoms with van der Waals surface area (Å²) in [6.07, 6.45) is 8.42. The summed E-state index contributed by atoms with van der Waals surface area (Å²) in [5, 5.41) is 7.10. The molecule has 0 amide bonds. The molecule has 2 unspecified atom stereocenters. The minimum absolute atomic E-state index is 0.0914. The highest BCUT2D eigenvalue weighted by molar-refractivity contribution is 5.80. The van der Waals surface area contributed by atoms with Gasteiger partial charge < -0.3 is 15.5 Å². The van der Waals surface area contributed by atoms with Crippen LogP contribution in [0.1, 0.15) is 57.4 Å². The van der Waals surface area contributed by atoms with E-state index in [4.69, 9.17) is 4.99 Å². The fourth-order valence-corrected chi connectivity index (χ4v) is 5.03. The number of hydrogen-bond donors (Lipinski definition) is 2. The van der Waals surface area contributed by atoms with Crippen LogP contribution in [0.25, 0.3) is 0 Å². The summed E-state index contributed by atoms with van der Waals surface area (Å²) in [6, 6.07) is 9.08. The average molecular weight is 373 g/mol. The van der Waals surface area contributed by atoms with Crippen molar-refractivity contribution in [3.05, 3.63) is 35.6 Å². The van der Waals surface area contributed by atoms with E-state index in [0.717, 1.165) is 30.9 Å². The summed E-state index contributed by atoms with van der Waals surface area (Å²) in [7, 11) is 2.29. The maximum Gasteiger partial charge on any atom is 0.191 e. The van der Waals surface area contributed by atoms with Crippen molar-refractivity contribution in [2.45, 2.75) is 75.4 Å². The first-order valence-electron chi connectivity index (χ1n) is 10.6. The van der Waals surface area contributed by atoms with Crippen LogP contribution in [-0.4, -0.2) is 49.1 Å². The van der Waals surface area contributed by atoms with Crippen molar-refractivity contribution in [1.29, 1.82) is 0 Å². The van der Waals surface area contributed by atoms with Gasteiger partial charge in [-0.3, -0.25) is 4.99 Å². The highest BCUT2D eigenvalue weighted by Gasteiger charge is 2.46. The minimum atomic E-state index is -0.100. The Morgan fingerprint density at radius 3 is 2.56 bits per heavy atom. The normalized spacial score (nSPS) is 30.0. The van der Waals surface area contributed by atoms with Crippen molar-refractivity contribution in [2.24, 2.45) is 4.99 Å². The van der Waals surface area contributed by atoms with E-state index in [1.807, 2.05) is 12.1 Å². The second kappa shape index (κ2) is 7.78. The number of hydrogen-bond acceptors (Lipinski definition) is 2. The van der Waals surface area contributed by atoms with Crippen molar-refractivity contribution in [1.82, 2.24) is 15.5 Å². The lowest BCUT2D eigenvalue weighted by molar-refractivity contribution is 0.0526. The van der Waals surface area contributed by atoms with E-state index in [9.17, 15) is 4.39 Å². The van der Waals surface area contributed by atoms with Crippen LogP contribution in [0, 0.1) is 5.82 Å². The van der Waals surface area contributed by atoms with Gasteiger partial charge in [0.1, 0.15) is 5.82 Å². The molecule has 1 aromatic carbocycles. The molecule has 1 aromatic rings. The third kappa shape index (κ3) is 3.98. The van der Waals surface area contributed by atoms with Crippen LogP contribution in [0.3, 0.4) is 0 Å². The molecule has 2 heterocycles. The quantitative estimate of drug-likeness (QED) is 0.614. The number of nitrogens with zero attached hydrogens (tertiary/aromatic N) is 2. The van der Waals surface area contributed by atoms with Crippen molar-refractivity contribution < 1.29 is 4.39 Å². The van der Waals surface area contributed by atoms with Crippen molar-refractivity contribution >= 4 is 5.96 Å². The number of halogens is 1. The molecule has 2 atom stereocenters. The molecular formula is C22H33FN4. The van der Waals surface area contributed by atoms with Crippen LogP contribution in [-0.2, 0) is 5.41 Å². The number of benzene rings is 1. The summed E-state index contributed by atoms with van der Waals surface area (Å²) in [5.41, 5.74) is 0.732. The maximum atomic E-state index is 14.3. The molecule has 0 spiro atoms. The maximum absolute atomic E-state index is 14.3. The lowest BCUT2D eigenvalue weighted by Gasteiger charge is -2.47. The van der Waals surface area contributed by atoms with Crippen LogP contribution in [0.4, 0.5) is 4.39 Å². The van der Waals surface area contributed by atoms with Crippen molar-refractivity contribution in [2.75, 3.05) is 20.1 Å². The summed E-state index contributed by atoms with van der Waals surface area (Å²) in [4.78, 5) is 7.47. The number of fused-ring (bicyclic) bond motifs is 2. The van der Waals surface area contributed by atoms with Gasteiger partial charge in [-0.15, -0.1) is 0 Å². The first kappa shape index (κ1) is 18.7. The number of nitrogens with one attached hydrogen (secondary N) is 2. The van der Waals surface area contributed by atoms with Gasteiger partial charge in [-0.1, -0.05) is 24.6 Å². The summed E-state index contributed by atoms with van der Waals surface area (Å²) in [6.45, 7) is 3.60. The van der Waals surface area contributed by atoms with E-state index >= 15 is 0 Å². The zero-order chi connectivity index (χ0) is 18.9. The lowest BCUT2D eigenvalue weighted by atomic mass is 9.82. The van der Waals surface area contributed by atoms with Crippen molar-refractivity contribution in [3.63, 3.8) is 0 Å². The highest BCUT2D eigenvalue weighted by atomic mass is 19.1. The summed E-state index contributed by atoms with van der Waals surface area (Å²) in [5.74, 6) is 0.805. The molecule has 3 fully saturated rings. The predicted octanol–water partition coefficient (Wildman–Crippen LogP) is 3.43. The molecule has 2 aliphatic heterocycles. The van der Waals surface area contributed by atoms with Gasteiger partial charge in [-0.25, -0.2) is 4.39 Å². The molecule has 148 valence electrons. The van der Waals surface area contributed by atoms with Gasteiger partial charge in [0.25, 0.3) is 0 Å². The third-order valence-corrected chi connectivity index (χ3v) is 6.86. The Balaban J connectivity index is 1.43. The highest BCUT2D eigenvalue weighted by Crippen LogP contribution is 2.49. The molecule has 1 saturated carbocycles. The number of aliphatic imine (C=N–C) groups is 1. The molecular weight excluding hydrogens is 339 g/mol. The van der Waals surface area contributed by atoms with Gasteiger partial charge in [0.15, 0.2) is 5.96 Å².